The fraction of sp³-hybridized carbons (Fsp3) is 0.292. The topological polar surface area (TPSA) is 126 Å². The lowest BCUT2D eigenvalue weighted by Gasteiger charge is -2.29. The Bertz CT molecular complexity index is 1140. The molecule has 3 rings (SSSR count). The van der Waals surface area contributed by atoms with E-state index in [1.165, 1.54) is 14.0 Å². The third kappa shape index (κ3) is 5.25. The minimum Gasteiger partial charge on any atom is -0.493 e. The number of hydrogen-bond acceptors (Lipinski definition) is 5. The summed E-state index contributed by atoms with van der Waals surface area (Å²) in [5.41, 5.74) is 4.12. The van der Waals surface area contributed by atoms with Crippen LogP contribution < -0.4 is 25.4 Å². The second kappa shape index (κ2) is 9.64. The highest BCUT2D eigenvalue weighted by molar-refractivity contribution is 6.06. The van der Waals surface area contributed by atoms with E-state index in [2.05, 4.69) is 16.0 Å². The van der Waals surface area contributed by atoms with E-state index < -0.39 is 24.1 Å². The molecular formula is C24H27N3O6. The first-order chi connectivity index (χ1) is 15.6. The van der Waals surface area contributed by atoms with Crippen molar-refractivity contribution in [2.24, 2.45) is 0 Å². The van der Waals surface area contributed by atoms with Gasteiger partial charge in [0.15, 0.2) is 17.6 Å². The Morgan fingerprint density at radius 2 is 1.79 bits per heavy atom. The average Bonchev–Trinajstić information content (AvgIpc) is 2.75. The SMILES string of the molecule is COc1cc([C@@H]2NC(=O)NC(C)=C2C(=O)Nc2ccc(C)c(C)c2)ccc1O[C@H](C)C(=O)O. The monoisotopic (exact) mass is 453 g/mol. The van der Waals surface area contributed by atoms with Crippen LogP contribution in [0.4, 0.5) is 10.5 Å². The standard InChI is InChI=1S/C24H27N3O6/c1-12-6-8-17(10-13(12)2)26-22(28)20-14(3)25-24(31)27-21(20)16-7-9-18(19(11-16)32-5)33-15(4)23(29)30/h6-11,15,21H,1-5H3,(H,26,28)(H,29,30)(H2,25,27,31)/t15-,21+/m1/s1. The fourth-order valence-electron chi connectivity index (χ4n) is 3.46. The lowest BCUT2D eigenvalue weighted by Crippen LogP contribution is -2.46. The van der Waals surface area contributed by atoms with Gasteiger partial charge in [0.25, 0.3) is 5.91 Å². The molecule has 2 atom stereocenters. The van der Waals surface area contributed by atoms with Gasteiger partial charge in [0.05, 0.1) is 18.7 Å². The van der Waals surface area contributed by atoms with Crippen LogP contribution in [0.15, 0.2) is 47.7 Å². The zero-order valence-electron chi connectivity index (χ0n) is 19.1. The van der Waals surface area contributed by atoms with Crippen molar-refractivity contribution in [2.45, 2.75) is 39.8 Å². The predicted molar refractivity (Wildman–Crippen MR) is 122 cm³/mol. The van der Waals surface area contributed by atoms with Crippen molar-refractivity contribution in [2.75, 3.05) is 12.4 Å². The lowest BCUT2D eigenvalue weighted by atomic mass is 9.94. The molecule has 1 aliphatic rings. The zero-order valence-corrected chi connectivity index (χ0v) is 19.1. The molecule has 1 heterocycles. The molecule has 2 aromatic carbocycles. The molecule has 0 aliphatic carbocycles. The van der Waals surface area contributed by atoms with Crippen molar-refractivity contribution < 1.29 is 29.0 Å². The molecule has 0 saturated heterocycles. The number of rotatable bonds is 7. The summed E-state index contributed by atoms with van der Waals surface area (Å²) in [6.07, 6.45) is -1.08. The molecule has 33 heavy (non-hydrogen) atoms. The number of ether oxygens (including phenoxy) is 2. The highest BCUT2D eigenvalue weighted by Crippen LogP contribution is 2.35. The van der Waals surface area contributed by atoms with E-state index in [0.717, 1.165) is 11.1 Å². The van der Waals surface area contributed by atoms with Gasteiger partial charge in [-0.15, -0.1) is 0 Å². The number of benzene rings is 2. The Kier molecular flexibility index (Phi) is 6.91. The summed E-state index contributed by atoms with van der Waals surface area (Å²) in [7, 11) is 1.42. The van der Waals surface area contributed by atoms with Gasteiger partial charge >= 0.3 is 12.0 Å². The number of nitrogens with one attached hydrogen (secondary N) is 3. The van der Waals surface area contributed by atoms with Gasteiger partial charge in [-0.2, -0.15) is 0 Å². The van der Waals surface area contributed by atoms with Crippen LogP contribution >= 0.6 is 0 Å². The Balaban J connectivity index is 1.94. The van der Waals surface area contributed by atoms with Crippen molar-refractivity contribution in [3.63, 3.8) is 0 Å². The summed E-state index contributed by atoms with van der Waals surface area (Å²) in [6.45, 7) is 7.01. The number of carboxylic acids is 1. The minimum atomic E-state index is -1.12. The van der Waals surface area contributed by atoms with Gasteiger partial charge in [-0.25, -0.2) is 9.59 Å². The number of urea groups is 1. The number of aryl methyl sites for hydroxylation is 2. The molecule has 0 saturated carbocycles. The number of aliphatic carboxylic acids is 1. The summed E-state index contributed by atoms with van der Waals surface area (Å²) >= 11 is 0. The molecule has 4 N–H and O–H groups in total. The second-order valence-electron chi connectivity index (χ2n) is 7.83. The smallest absolute Gasteiger partial charge is 0.344 e. The minimum absolute atomic E-state index is 0.234. The average molecular weight is 453 g/mol. The maximum atomic E-state index is 13.2. The molecular weight excluding hydrogens is 426 g/mol. The summed E-state index contributed by atoms with van der Waals surface area (Å²) < 4.78 is 10.8. The van der Waals surface area contributed by atoms with E-state index >= 15 is 0 Å². The van der Waals surface area contributed by atoms with Crippen LogP contribution in [0.25, 0.3) is 0 Å². The number of amides is 3. The van der Waals surface area contributed by atoms with Crippen LogP contribution in [0.1, 0.15) is 36.6 Å². The number of allylic oxidation sites excluding steroid dienone is 1. The molecule has 3 amide bonds. The first-order valence-corrected chi connectivity index (χ1v) is 10.3. The highest BCUT2D eigenvalue weighted by atomic mass is 16.5. The molecule has 0 unspecified atom stereocenters. The molecule has 2 aromatic rings. The van der Waals surface area contributed by atoms with Crippen LogP contribution in [0, 0.1) is 13.8 Å². The normalized spacial score (nSPS) is 16.4. The van der Waals surface area contributed by atoms with E-state index in [1.54, 1.807) is 25.1 Å². The molecule has 0 spiro atoms. The Labute approximate surface area is 191 Å². The lowest BCUT2D eigenvalue weighted by molar-refractivity contribution is -0.144. The number of carbonyl (C=O) groups excluding carboxylic acids is 2. The van der Waals surface area contributed by atoms with Crippen LogP contribution in [-0.2, 0) is 9.59 Å². The Morgan fingerprint density at radius 1 is 1.06 bits per heavy atom. The number of carboxylic acid groups (broad SMARTS) is 1. The molecule has 0 radical (unpaired) electrons. The Hall–Kier alpha value is -4.01. The van der Waals surface area contributed by atoms with Crippen molar-refractivity contribution in [3.05, 3.63) is 64.4 Å². The molecule has 1 aliphatic heterocycles. The predicted octanol–water partition coefficient (Wildman–Crippen LogP) is 3.43. The van der Waals surface area contributed by atoms with Crippen LogP contribution in [0.5, 0.6) is 11.5 Å². The summed E-state index contributed by atoms with van der Waals surface area (Å²) in [4.78, 5) is 36.5. The van der Waals surface area contributed by atoms with E-state index in [4.69, 9.17) is 14.6 Å². The van der Waals surface area contributed by atoms with E-state index in [-0.39, 0.29) is 17.4 Å². The largest absolute Gasteiger partial charge is 0.493 e. The maximum Gasteiger partial charge on any atom is 0.344 e. The quantitative estimate of drug-likeness (QED) is 0.509. The van der Waals surface area contributed by atoms with Gasteiger partial charge < -0.3 is 30.5 Å². The van der Waals surface area contributed by atoms with E-state index in [9.17, 15) is 14.4 Å². The van der Waals surface area contributed by atoms with Gasteiger partial charge in [0, 0.05) is 11.4 Å². The van der Waals surface area contributed by atoms with Gasteiger partial charge in [0.1, 0.15) is 0 Å². The Morgan fingerprint density at radius 3 is 2.42 bits per heavy atom. The molecule has 0 aromatic heterocycles. The zero-order chi connectivity index (χ0) is 24.3. The highest BCUT2D eigenvalue weighted by Gasteiger charge is 2.32. The van der Waals surface area contributed by atoms with Crippen LogP contribution in [-0.4, -0.2) is 36.2 Å². The van der Waals surface area contributed by atoms with Gasteiger partial charge in [-0.3, -0.25) is 4.79 Å². The molecule has 9 nitrogen and oxygen atoms in total. The summed E-state index contributed by atoms with van der Waals surface area (Å²) in [6, 6.07) is 9.23. The molecule has 0 fully saturated rings. The first kappa shape index (κ1) is 23.6. The molecule has 0 bridgehead atoms. The summed E-state index contributed by atoms with van der Waals surface area (Å²) in [5.74, 6) is -0.971. The van der Waals surface area contributed by atoms with Crippen molar-refractivity contribution in [1.82, 2.24) is 10.6 Å². The first-order valence-electron chi connectivity index (χ1n) is 10.3. The molecule has 9 heteroatoms. The molecule has 174 valence electrons. The van der Waals surface area contributed by atoms with Gasteiger partial charge in [-0.1, -0.05) is 12.1 Å². The third-order valence-electron chi connectivity index (χ3n) is 5.45. The second-order valence-corrected chi connectivity index (χ2v) is 7.83. The number of methoxy groups -OCH3 is 1. The van der Waals surface area contributed by atoms with Crippen molar-refractivity contribution in [3.8, 4) is 11.5 Å². The number of anilines is 1. The van der Waals surface area contributed by atoms with Gasteiger partial charge in [-0.05, 0) is 68.7 Å². The van der Waals surface area contributed by atoms with E-state index in [0.29, 0.717) is 22.5 Å². The van der Waals surface area contributed by atoms with Gasteiger partial charge in [0.2, 0.25) is 0 Å². The fourth-order valence-corrected chi connectivity index (χ4v) is 3.46. The van der Waals surface area contributed by atoms with E-state index in [1.807, 2.05) is 32.0 Å². The number of carbonyl (C=O) groups is 3. The van der Waals surface area contributed by atoms with Crippen LogP contribution in [0.3, 0.4) is 0 Å². The van der Waals surface area contributed by atoms with Crippen LogP contribution in [0.2, 0.25) is 0 Å². The maximum absolute atomic E-state index is 13.2. The summed E-state index contributed by atoms with van der Waals surface area (Å²) in [5, 5.41) is 17.4. The van der Waals surface area contributed by atoms with Crippen molar-refractivity contribution in [1.29, 1.82) is 0 Å². The van der Waals surface area contributed by atoms with Crippen molar-refractivity contribution >= 4 is 23.6 Å². The third-order valence-corrected chi connectivity index (χ3v) is 5.45. The number of hydrogen-bond donors (Lipinski definition) is 4.